The number of carbonyl (C=O) groups excluding carboxylic acids is 2. The Kier molecular flexibility index (Phi) is 11.0. The summed E-state index contributed by atoms with van der Waals surface area (Å²) in [4.78, 5) is 29.5. The molecule has 0 unspecified atom stereocenters. The average Bonchev–Trinajstić information content (AvgIpc) is 3.52. The number of anilines is 1. The molecule has 1 aliphatic carbocycles. The lowest BCUT2D eigenvalue weighted by Crippen LogP contribution is -2.21. The Labute approximate surface area is 244 Å². The van der Waals surface area contributed by atoms with Gasteiger partial charge in [-0.05, 0) is 81.1 Å². The van der Waals surface area contributed by atoms with E-state index in [4.69, 9.17) is 19.9 Å². The highest BCUT2D eigenvalue weighted by molar-refractivity contribution is 7.99. The van der Waals surface area contributed by atoms with Crippen molar-refractivity contribution < 1.29 is 23.8 Å². The first-order valence-corrected chi connectivity index (χ1v) is 14.5. The molecule has 3 N–H and O–H groups in total. The van der Waals surface area contributed by atoms with E-state index in [1.54, 1.807) is 37.2 Å². The van der Waals surface area contributed by atoms with Crippen molar-refractivity contribution in [2.45, 2.75) is 48.5 Å². The summed E-state index contributed by atoms with van der Waals surface area (Å²) in [5.41, 5.74) is 7.30. The normalized spacial score (nSPS) is 12.8. The van der Waals surface area contributed by atoms with Crippen molar-refractivity contribution in [2.24, 2.45) is 5.73 Å². The summed E-state index contributed by atoms with van der Waals surface area (Å²) in [5, 5.41) is 3.92. The van der Waals surface area contributed by atoms with Crippen molar-refractivity contribution in [3.63, 3.8) is 0 Å². The fraction of sp³-hybridized carbons (Fsp3) is 0.281. The number of esters is 1. The molecule has 1 saturated carbocycles. The number of amides is 1. The number of hydrogen-bond donors (Lipinski definition) is 2. The molecule has 0 radical (unpaired) electrons. The molecule has 0 bridgehead atoms. The van der Waals surface area contributed by atoms with Gasteiger partial charge in [-0.3, -0.25) is 14.6 Å². The first kappa shape index (κ1) is 29.9. The second kappa shape index (κ2) is 15.1. The number of ether oxygens (including phenoxy) is 3. The number of rotatable bonds is 9. The molecule has 3 aromatic carbocycles. The van der Waals surface area contributed by atoms with Crippen molar-refractivity contribution in [1.29, 1.82) is 0 Å². The predicted molar refractivity (Wildman–Crippen MR) is 162 cm³/mol. The number of fused-ring (bicyclic) bond motifs is 1. The summed E-state index contributed by atoms with van der Waals surface area (Å²) < 4.78 is 16.2. The Morgan fingerprint density at radius 1 is 1.00 bits per heavy atom. The molecule has 41 heavy (non-hydrogen) atoms. The van der Waals surface area contributed by atoms with Gasteiger partial charge in [0.25, 0.3) is 5.91 Å². The summed E-state index contributed by atoms with van der Waals surface area (Å²) in [7, 11) is 1.63. The molecule has 5 rings (SSSR count). The van der Waals surface area contributed by atoms with Crippen LogP contribution >= 0.6 is 11.8 Å². The number of nitrogens with one attached hydrogen (secondary N) is 1. The molecule has 214 valence electrons. The largest absolute Gasteiger partial charge is 0.493 e. The van der Waals surface area contributed by atoms with Gasteiger partial charge in [-0.25, -0.2) is 0 Å². The molecule has 9 heteroatoms. The Morgan fingerprint density at radius 3 is 2.39 bits per heavy atom. The Balaban J connectivity index is 0.000000328. The van der Waals surface area contributed by atoms with E-state index >= 15 is 0 Å². The minimum absolute atomic E-state index is 0.0104. The topological polar surface area (TPSA) is 113 Å². The second-order valence-electron chi connectivity index (χ2n) is 9.31. The summed E-state index contributed by atoms with van der Waals surface area (Å²) >= 11 is 1.63. The highest BCUT2D eigenvalue weighted by atomic mass is 32.2. The minimum Gasteiger partial charge on any atom is -0.493 e. The van der Waals surface area contributed by atoms with Crippen LogP contribution in [0.3, 0.4) is 0 Å². The second-order valence-corrected chi connectivity index (χ2v) is 10.4. The summed E-state index contributed by atoms with van der Waals surface area (Å²) in [6, 6.07) is 22.8. The van der Waals surface area contributed by atoms with Crippen LogP contribution in [0.1, 0.15) is 43.0 Å². The van der Waals surface area contributed by atoms with Gasteiger partial charge in [-0.2, -0.15) is 0 Å². The average molecular weight is 574 g/mol. The number of methoxy groups -OCH3 is 1. The van der Waals surface area contributed by atoms with Gasteiger partial charge < -0.3 is 25.3 Å². The highest BCUT2D eigenvalue weighted by Crippen LogP contribution is 2.38. The van der Waals surface area contributed by atoms with E-state index in [2.05, 4.69) is 10.3 Å². The molecule has 1 aliphatic rings. The van der Waals surface area contributed by atoms with Crippen molar-refractivity contribution in [2.75, 3.05) is 25.6 Å². The van der Waals surface area contributed by atoms with E-state index in [-0.39, 0.29) is 24.5 Å². The third-order valence-electron chi connectivity index (χ3n) is 6.43. The monoisotopic (exact) mass is 573 g/mol. The third-order valence-corrected chi connectivity index (χ3v) is 7.51. The van der Waals surface area contributed by atoms with Crippen LogP contribution in [0.15, 0.2) is 88.8 Å². The number of benzene rings is 3. The molecule has 4 aromatic rings. The van der Waals surface area contributed by atoms with Crippen molar-refractivity contribution in [3.05, 3.63) is 84.6 Å². The van der Waals surface area contributed by atoms with Gasteiger partial charge in [0.15, 0.2) is 11.5 Å². The summed E-state index contributed by atoms with van der Waals surface area (Å²) in [6.07, 6.45) is 6.36. The first-order valence-electron chi connectivity index (χ1n) is 13.6. The van der Waals surface area contributed by atoms with Crippen molar-refractivity contribution in [1.82, 2.24) is 4.98 Å². The predicted octanol–water partition coefficient (Wildman–Crippen LogP) is 6.48. The van der Waals surface area contributed by atoms with Gasteiger partial charge in [0.1, 0.15) is 6.10 Å². The third kappa shape index (κ3) is 8.45. The number of carbonyl (C=O) groups is 2. The van der Waals surface area contributed by atoms with Crippen LogP contribution in [0.5, 0.6) is 11.5 Å². The van der Waals surface area contributed by atoms with Gasteiger partial charge in [-0.1, -0.05) is 30.0 Å². The molecule has 1 amide bonds. The van der Waals surface area contributed by atoms with Crippen LogP contribution in [-0.2, 0) is 9.53 Å². The quantitative estimate of drug-likeness (QED) is 0.219. The zero-order chi connectivity index (χ0) is 29.0. The van der Waals surface area contributed by atoms with Gasteiger partial charge in [-0.15, -0.1) is 0 Å². The van der Waals surface area contributed by atoms with Crippen LogP contribution in [-0.4, -0.2) is 43.2 Å². The zero-order valence-electron chi connectivity index (χ0n) is 23.3. The van der Waals surface area contributed by atoms with E-state index < -0.39 is 0 Å². The fourth-order valence-electron chi connectivity index (χ4n) is 4.41. The van der Waals surface area contributed by atoms with Crippen LogP contribution in [0.25, 0.3) is 10.9 Å². The molecule has 1 heterocycles. The molecule has 0 atom stereocenters. The van der Waals surface area contributed by atoms with Gasteiger partial charge in [0, 0.05) is 38.7 Å². The van der Waals surface area contributed by atoms with Crippen molar-refractivity contribution >= 4 is 40.2 Å². The van der Waals surface area contributed by atoms with Crippen LogP contribution in [0.2, 0.25) is 0 Å². The maximum absolute atomic E-state index is 12.3. The van der Waals surface area contributed by atoms with Crippen LogP contribution in [0.4, 0.5) is 5.69 Å². The summed E-state index contributed by atoms with van der Waals surface area (Å²) in [5.74, 6) is 0.971. The molecule has 0 aliphatic heterocycles. The van der Waals surface area contributed by atoms with Crippen LogP contribution in [0, 0.1) is 0 Å². The first-order chi connectivity index (χ1) is 20.0. The molecular weight excluding hydrogens is 538 g/mol. The number of pyridine rings is 1. The molecule has 0 saturated heterocycles. The standard InChI is InChI=1S/C25H22N2O3S.C7H13NO2/c1-3-30-23-16-21-20(15-22(23)29-2)24(13-14-26-21)31-19-11-9-18(10-12-19)27-25(28)17-7-5-4-6-8-17;8-5-7(9)10-6-3-1-2-4-6/h4-16H,3H2,1-2H3,(H,27,28);6H,1-5,8H2. The van der Waals surface area contributed by atoms with E-state index in [1.165, 1.54) is 12.8 Å². The Morgan fingerprint density at radius 2 is 1.73 bits per heavy atom. The Hall–Kier alpha value is -4.08. The fourth-order valence-corrected chi connectivity index (χ4v) is 5.34. The SMILES string of the molecule is CCOc1cc2nccc(Sc3ccc(NC(=O)c4ccccc4)cc3)c2cc1OC.NCC(=O)OC1CCCC1. The van der Waals surface area contributed by atoms with Gasteiger partial charge in [0.05, 0.1) is 25.8 Å². The van der Waals surface area contributed by atoms with E-state index in [1.807, 2.05) is 67.6 Å². The zero-order valence-corrected chi connectivity index (χ0v) is 24.1. The van der Waals surface area contributed by atoms with Crippen LogP contribution < -0.4 is 20.5 Å². The minimum atomic E-state index is -0.271. The lowest BCUT2D eigenvalue weighted by Gasteiger charge is -2.12. The number of aromatic nitrogens is 1. The van der Waals surface area contributed by atoms with Gasteiger partial charge >= 0.3 is 5.97 Å². The number of hydrogen-bond acceptors (Lipinski definition) is 8. The Bertz CT molecular complexity index is 1440. The lowest BCUT2D eigenvalue weighted by molar-refractivity contribution is -0.146. The molecule has 1 aromatic heterocycles. The van der Waals surface area contributed by atoms with Crippen molar-refractivity contribution in [3.8, 4) is 11.5 Å². The van der Waals surface area contributed by atoms with E-state index in [0.717, 1.165) is 39.2 Å². The van der Waals surface area contributed by atoms with E-state index in [0.29, 0.717) is 23.7 Å². The maximum Gasteiger partial charge on any atom is 0.319 e. The van der Waals surface area contributed by atoms with E-state index in [9.17, 15) is 9.59 Å². The lowest BCUT2D eigenvalue weighted by atomic mass is 10.2. The maximum atomic E-state index is 12.3. The number of nitrogens with two attached hydrogens (primary N) is 1. The highest BCUT2D eigenvalue weighted by Gasteiger charge is 2.18. The summed E-state index contributed by atoms with van der Waals surface area (Å²) in [6.45, 7) is 2.51. The molecule has 8 nitrogen and oxygen atoms in total. The smallest absolute Gasteiger partial charge is 0.319 e. The molecule has 1 fully saturated rings. The molecule has 0 spiro atoms. The van der Waals surface area contributed by atoms with Gasteiger partial charge in [0.2, 0.25) is 0 Å². The number of nitrogens with zero attached hydrogens (tertiary/aromatic N) is 1. The molecular formula is C32H35N3O5S.